The molecule has 4 heteroatoms. The lowest BCUT2D eigenvalue weighted by Gasteiger charge is -2.30. The van der Waals surface area contributed by atoms with Gasteiger partial charge in [-0.2, -0.15) is 0 Å². The van der Waals surface area contributed by atoms with Crippen LogP contribution >= 0.6 is 0 Å². The highest BCUT2D eigenvalue weighted by Gasteiger charge is 2.34. The van der Waals surface area contributed by atoms with Crippen LogP contribution < -0.4 is 5.32 Å². The van der Waals surface area contributed by atoms with Gasteiger partial charge in [-0.3, -0.25) is 0 Å². The van der Waals surface area contributed by atoms with Gasteiger partial charge >= 0.3 is 0 Å². The van der Waals surface area contributed by atoms with Crippen LogP contribution in [0.1, 0.15) is 33.6 Å². The Hall–Kier alpha value is -0.0900. The van der Waals surface area contributed by atoms with Crippen LogP contribution in [-0.2, 0) is 9.84 Å². The van der Waals surface area contributed by atoms with Gasteiger partial charge in [0.15, 0.2) is 9.84 Å². The Morgan fingerprint density at radius 2 is 2.00 bits per heavy atom. The summed E-state index contributed by atoms with van der Waals surface area (Å²) in [6.07, 6.45) is 1.79. The lowest BCUT2D eigenvalue weighted by Crippen LogP contribution is -2.48. The van der Waals surface area contributed by atoms with E-state index in [4.69, 9.17) is 0 Å². The van der Waals surface area contributed by atoms with Gasteiger partial charge in [0.05, 0.1) is 10.5 Å². The lowest BCUT2D eigenvalue weighted by atomic mass is 10.1. The van der Waals surface area contributed by atoms with Gasteiger partial charge in [0.2, 0.25) is 0 Å². The van der Waals surface area contributed by atoms with Crippen molar-refractivity contribution in [3.05, 3.63) is 0 Å². The molecule has 1 aliphatic rings. The molecule has 1 rings (SSSR count). The van der Waals surface area contributed by atoms with E-state index in [9.17, 15) is 8.42 Å². The highest BCUT2D eigenvalue weighted by Crippen LogP contribution is 2.20. The third kappa shape index (κ3) is 2.23. The summed E-state index contributed by atoms with van der Waals surface area (Å²) in [5, 5.41) is 2.78. The normalized spacial score (nSPS) is 30.8. The Labute approximate surface area is 80.8 Å². The Morgan fingerprint density at radius 1 is 1.38 bits per heavy atom. The molecule has 0 radical (unpaired) electrons. The Kier molecular flexibility index (Phi) is 3.35. The molecule has 1 heterocycles. The topological polar surface area (TPSA) is 46.2 Å². The van der Waals surface area contributed by atoms with Gasteiger partial charge < -0.3 is 5.32 Å². The van der Waals surface area contributed by atoms with Crippen molar-refractivity contribution in [2.24, 2.45) is 0 Å². The first-order valence-electron chi connectivity index (χ1n) is 4.92. The maximum atomic E-state index is 11.9. The van der Waals surface area contributed by atoms with E-state index >= 15 is 0 Å². The van der Waals surface area contributed by atoms with E-state index < -0.39 is 9.84 Å². The summed E-state index contributed by atoms with van der Waals surface area (Å²) in [5.41, 5.74) is 0. The molecule has 78 valence electrons. The first-order valence-corrected chi connectivity index (χ1v) is 6.53. The molecule has 0 aliphatic carbocycles. The molecule has 1 saturated heterocycles. The van der Waals surface area contributed by atoms with Gasteiger partial charge in [-0.1, -0.05) is 0 Å². The molecular formula is C9H19NO2S. The molecule has 0 bridgehead atoms. The second kappa shape index (κ2) is 3.96. The maximum Gasteiger partial charge on any atom is 0.156 e. The Morgan fingerprint density at radius 3 is 2.46 bits per heavy atom. The first-order chi connectivity index (χ1) is 5.96. The average Bonchev–Trinajstić information content (AvgIpc) is 2.04. The van der Waals surface area contributed by atoms with Crippen LogP contribution in [0.2, 0.25) is 0 Å². The van der Waals surface area contributed by atoms with Crippen LogP contribution in [0, 0.1) is 0 Å². The molecule has 1 aliphatic heterocycles. The van der Waals surface area contributed by atoms with Crippen molar-refractivity contribution in [1.29, 1.82) is 0 Å². The average molecular weight is 205 g/mol. The minimum absolute atomic E-state index is 0.112. The number of nitrogens with one attached hydrogen (secondary N) is 1. The molecule has 1 fully saturated rings. The summed E-state index contributed by atoms with van der Waals surface area (Å²) in [6.45, 7) is 6.43. The predicted molar refractivity (Wildman–Crippen MR) is 54.5 cm³/mol. The van der Waals surface area contributed by atoms with Gasteiger partial charge in [0.25, 0.3) is 0 Å². The molecule has 0 aromatic carbocycles. The number of piperidine rings is 1. The molecule has 2 atom stereocenters. The maximum absolute atomic E-state index is 11.9. The SMILES string of the molecule is CC1NCCCC1S(=O)(=O)C(C)C. The molecule has 2 unspecified atom stereocenters. The van der Waals surface area contributed by atoms with Crippen LogP contribution in [0.15, 0.2) is 0 Å². The van der Waals surface area contributed by atoms with Crippen molar-refractivity contribution in [3.8, 4) is 0 Å². The molecule has 3 nitrogen and oxygen atoms in total. The minimum Gasteiger partial charge on any atom is -0.313 e. The van der Waals surface area contributed by atoms with Crippen molar-refractivity contribution < 1.29 is 8.42 Å². The fourth-order valence-corrected chi connectivity index (χ4v) is 3.67. The van der Waals surface area contributed by atoms with Crippen molar-refractivity contribution in [1.82, 2.24) is 5.32 Å². The lowest BCUT2D eigenvalue weighted by molar-refractivity contribution is 0.415. The molecule has 0 saturated carbocycles. The van der Waals surface area contributed by atoms with Crippen molar-refractivity contribution >= 4 is 9.84 Å². The van der Waals surface area contributed by atoms with Gasteiger partial charge in [0, 0.05) is 6.04 Å². The van der Waals surface area contributed by atoms with E-state index in [-0.39, 0.29) is 16.5 Å². The summed E-state index contributed by atoms with van der Waals surface area (Å²) in [6, 6.07) is 0.112. The number of sulfone groups is 1. The number of hydrogen-bond acceptors (Lipinski definition) is 3. The van der Waals surface area contributed by atoms with Gasteiger partial charge in [-0.05, 0) is 40.2 Å². The van der Waals surface area contributed by atoms with Crippen LogP contribution in [0.4, 0.5) is 0 Å². The van der Waals surface area contributed by atoms with E-state index in [0.29, 0.717) is 0 Å². The highest BCUT2D eigenvalue weighted by molar-refractivity contribution is 7.92. The van der Waals surface area contributed by atoms with Crippen LogP contribution in [-0.4, -0.2) is 31.5 Å². The third-order valence-electron chi connectivity index (χ3n) is 2.77. The molecule has 0 aromatic heterocycles. The second-order valence-corrected chi connectivity index (χ2v) is 6.79. The first kappa shape index (κ1) is 11.0. The number of hydrogen-bond donors (Lipinski definition) is 1. The summed E-state index contributed by atoms with van der Waals surface area (Å²) in [7, 11) is -2.91. The fourth-order valence-electron chi connectivity index (χ4n) is 1.81. The van der Waals surface area contributed by atoms with Crippen molar-refractivity contribution in [2.75, 3.05) is 6.54 Å². The van der Waals surface area contributed by atoms with E-state index in [2.05, 4.69) is 5.32 Å². The summed E-state index contributed by atoms with van der Waals surface area (Å²) in [4.78, 5) is 0. The zero-order valence-corrected chi connectivity index (χ0v) is 9.39. The largest absolute Gasteiger partial charge is 0.313 e. The van der Waals surface area contributed by atoms with Crippen LogP contribution in [0.5, 0.6) is 0 Å². The Balaban J connectivity index is 2.80. The second-order valence-electron chi connectivity index (χ2n) is 4.06. The zero-order valence-electron chi connectivity index (χ0n) is 8.58. The van der Waals surface area contributed by atoms with E-state index in [0.717, 1.165) is 19.4 Å². The van der Waals surface area contributed by atoms with Crippen molar-refractivity contribution in [3.63, 3.8) is 0 Å². The monoisotopic (exact) mass is 205 g/mol. The van der Waals surface area contributed by atoms with E-state index in [1.54, 1.807) is 13.8 Å². The molecule has 0 aromatic rings. The minimum atomic E-state index is -2.91. The quantitative estimate of drug-likeness (QED) is 0.730. The van der Waals surface area contributed by atoms with E-state index in [1.807, 2.05) is 6.92 Å². The van der Waals surface area contributed by atoms with Crippen molar-refractivity contribution in [2.45, 2.75) is 50.2 Å². The van der Waals surface area contributed by atoms with Gasteiger partial charge in [-0.25, -0.2) is 8.42 Å². The van der Waals surface area contributed by atoms with Gasteiger partial charge in [-0.15, -0.1) is 0 Å². The molecule has 0 amide bonds. The Bertz CT molecular complexity index is 259. The number of rotatable bonds is 2. The fraction of sp³-hybridized carbons (Fsp3) is 1.00. The molecule has 13 heavy (non-hydrogen) atoms. The third-order valence-corrected chi connectivity index (χ3v) is 5.57. The van der Waals surface area contributed by atoms with Crippen LogP contribution in [0.25, 0.3) is 0 Å². The highest BCUT2D eigenvalue weighted by atomic mass is 32.2. The van der Waals surface area contributed by atoms with E-state index in [1.165, 1.54) is 0 Å². The summed E-state index contributed by atoms with van der Waals surface area (Å²) >= 11 is 0. The predicted octanol–water partition coefficient (Wildman–Crippen LogP) is 0.950. The molecular weight excluding hydrogens is 186 g/mol. The van der Waals surface area contributed by atoms with Crippen LogP contribution in [0.3, 0.4) is 0 Å². The standard InChI is InChI=1S/C9H19NO2S/c1-7(2)13(11,12)9-5-4-6-10-8(9)3/h7-10H,4-6H2,1-3H3. The smallest absolute Gasteiger partial charge is 0.156 e. The summed E-state index contributed by atoms with van der Waals surface area (Å²) in [5.74, 6) is 0. The molecule has 0 spiro atoms. The van der Waals surface area contributed by atoms with Gasteiger partial charge in [0.1, 0.15) is 0 Å². The zero-order chi connectivity index (χ0) is 10.1. The summed E-state index contributed by atoms with van der Waals surface area (Å²) < 4.78 is 23.7. The molecule has 1 N–H and O–H groups in total.